The maximum atomic E-state index is 13.3. The van der Waals surface area contributed by atoms with Gasteiger partial charge in [0.05, 0.1) is 18.3 Å². The number of carbonyl (C=O) groups is 1. The number of amides is 1. The number of methoxy groups -OCH3 is 1. The second-order valence-corrected chi connectivity index (χ2v) is 9.85. The summed E-state index contributed by atoms with van der Waals surface area (Å²) in [5, 5.41) is 0. The third kappa shape index (κ3) is 3.11. The first-order valence-electron chi connectivity index (χ1n) is 9.24. The quantitative estimate of drug-likeness (QED) is 0.690. The van der Waals surface area contributed by atoms with Gasteiger partial charge in [0, 0.05) is 58.3 Å². The van der Waals surface area contributed by atoms with Gasteiger partial charge in [0.15, 0.2) is 0 Å². The molecule has 0 aromatic heterocycles. The van der Waals surface area contributed by atoms with Crippen LogP contribution in [0, 0.1) is 10.8 Å². The minimum absolute atomic E-state index is 0.108. The Morgan fingerprint density at radius 3 is 2.32 bits per heavy atom. The van der Waals surface area contributed by atoms with Crippen LogP contribution in [0.1, 0.15) is 26.2 Å². The van der Waals surface area contributed by atoms with Crippen LogP contribution in [-0.2, 0) is 19.6 Å². The Hall–Kier alpha value is -0.700. The molecular formula is C17H31N3O4S. The van der Waals surface area contributed by atoms with Crippen molar-refractivity contribution in [2.75, 3.05) is 65.8 Å². The maximum absolute atomic E-state index is 13.3. The SMILES string of the molecule is CCN1CCC2(CN(CCOC)CC23CCN(S(C)(=O)=O)CC3)C1=O. The summed E-state index contributed by atoms with van der Waals surface area (Å²) in [6.07, 6.45) is 3.71. The van der Waals surface area contributed by atoms with Crippen molar-refractivity contribution < 1.29 is 17.9 Å². The van der Waals surface area contributed by atoms with E-state index >= 15 is 0 Å². The van der Waals surface area contributed by atoms with Gasteiger partial charge >= 0.3 is 0 Å². The van der Waals surface area contributed by atoms with Crippen LogP contribution in [0.3, 0.4) is 0 Å². The molecule has 3 fully saturated rings. The number of sulfonamides is 1. The highest BCUT2D eigenvalue weighted by atomic mass is 32.2. The summed E-state index contributed by atoms with van der Waals surface area (Å²) in [5.41, 5.74) is -0.455. The van der Waals surface area contributed by atoms with E-state index in [9.17, 15) is 13.2 Å². The van der Waals surface area contributed by atoms with Gasteiger partial charge in [-0.25, -0.2) is 12.7 Å². The second-order valence-electron chi connectivity index (χ2n) is 7.86. The Bertz CT molecular complexity index is 615. The second kappa shape index (κ2) is 6.79. The lowest BCUT2D eigenvalue weighted by atomic mass is 9.60. The van der Waals surface area contributed by atoms with Gasteiger partial charge in [-0.15, -0.1) is 0 Å². The third-order valence-electron chi connectivity index (χ3n) is 6.68. The molecule has 3 heterocycles. The molecule has 0 aromatic carbocycles. The molecule has 0 aromatic rings. The number of piperidine rings is 1. The van der Waals surface area contributed by atoms with Gasteiger partial charge in [0.2, 0.25) is 15.9 Å². The maximum Gasteiger partial charge on any atom is 0.230 e. The van der Waals surface area contributed by atoms with Gasteiger partial charge in [-0.05, 0) is 26.2 Å². The third-order valence-corrected chi connectivity index (χ3v) is 7.99. The van der Waals surface area contributed by atoms with Gasteiger partial charge < -0.3 is 9.64 Å². The number of hydrogen-bond acceptors (Lipinski definition) is 5. The first kappa shape index (κ1) is 19.1. The van der Waals surface area contributed by atoms with Crippen molar-refractivity contribution in [1.82, 2.24) is 14.1 Å². The molecule has 3 rings (SSSR count). The van der Waals surface area contributed by atoms with Crippen molar-refractivity contribution in [1.29, 1.82) is 0 Å². The summed E-state index contributed by atoms with van der Waals surface area (Å²) in [4.78, 5) is 17.6. The lowest BCUT2D eigenvalue weighted by molar-refractivity contribution is -0.141. The molecule has 0 aliphatic carbocycles. The first-order chi connectivity index (χ1) is 11.8. The van der Waals surface area contributed by atoms with Crippen molar-refractivity contribution in [3.63, 3.8) is 0 Å². The number of hydrogen-bond donors (Lipinski definition) is 0. The van der Waals surface area contributed by atoms with E-state index in [2.05, 4.69) is 4.90 Å². The standard InChI is InChI=1S/C17H31N3O4S/c1-4-19-8-7-17(15(19)21)14-18(11-12-24-2)13-16(17)5-9-20(10-6-16)25(3,22)23/h4-14H2,1-3H3. The van der Waals surface area contributed by atoms with Crippen LogP contribution in [0.15, 0.2) is 0 Å². The van der Waals surface area contributed by atoms with Gasteiger partial charge in [-0.3, -0.25) is 9.69 Å². The van der Waals surface area contributed by atoms with Crippen molar-refractivity contribution in [3.8, 4) is 0 Å². The van der Waals surface area contributed by atoms with Crippen LogP contribution in [0.25, 0.3) is 0 Å². The topological polar surface area (TPSA) is 70.2 Å². The Labute approximate surface area is 151 Å². The van der Waals surface area contributed by atoms with E-state index < -0.39 is 10.0 Å². The first-order valence-corrected chi connectivity index (χ1v) is 11.1. The van der Waals surface area contributed by atoms with Crippen LogP contribution < -0.4 is 0 Å². The van der Waals surface area contributed by atoms with Crippen LogP contribution in [0.2, 0.25) is 0 Å². The van der Waals surface area contributed by atoms with E-state index in [1.807, 2.05) is 11.8 Å². The fourth-order valence-corrected chi connectivity index (χ4v) is 6.07. The molecule has 3 aliphatic rings. The molecule has 0 bridgehead atoms. The highest BCUT2D eigenvalue weighted by Gasteiger charge is 2.64. The molecule has 3 aliphatic heterocycles. The normalized spacial score (nSPS) is 30.8. The largest absolute Gasteiger partial charge is 0.383 e. The van der Waals surface area contributed by atoms with Crippen molar-refractivity contribution >= 4 is 15.9 Å². The zero-order valence-electron chi connectivity index (χ0n) is 15.7. The highest BCUT2D eigenvalue weighted by Crippen LogP contribution is 2.57. The van der Waals surface area contributed by atoms with Gasteiger partial charge in [0.1, 0.15) is 0 Å². The smallest absolute Gasteiger partial charge is 0.230 e. The molecule has 0 radical (unpaired) electrons. The summed E-state index contributed by atoms with van der Waals surface area (Å²) < 4.78 is 30.6. The molecular weight excluding hydrogens is 342 g/mol. The zero-order chi connectivity index (χ0) is 18.3. The Morgan fingerprint density at radius 1 is 1.12 bits per heavy atom. The zero-order valence-corrected chi connectivity index (χ0v) is 16.5. The van der Waals surface area contributed by atoms with Crippen molar-refractivity contribution in [2.24, 2.45) is 10.8 Å². The summed E-state index contributed by atoms with van der Waals surface area (Å²) in [5.74, 6) is 0.280. The Morgan fingerprint density at radius 2 is 1.80 bits per heavy atom. The van der Waals surface area contributed by atoms with Crippen LogP contribution in [0.5, 0.6) is 0 Å². The molecule has 1 amide bonds. The minimum Gasteiger partial charge on any atom is -0.383 e. The molecule has 1 atom stereocenters. The van der Waals surface area contributed by atoms with Crippen molar-refractivity contribution in [2.45, 2.75) is 26.2 Å². The number of fused-ring (bicyclic) bond motifs is 1. The lowest BCUT2D eigenvalue weighted by Crippen LogP contribution is -2.53. The summed E-state index contributed by atoms with van der Waals surface area (Å²) in [7, 11) is -1.46. The summed E-state index contributed by atoms with van der Waals surface area (Å²) >= 11 is 0. The van der Waals surface area contributed by atoms with E-state index in [1.165, 1.54) is 6.26 Å². The fourth-order valence-electron chi connectivity index (χ4n) is 5.22. The van der Waals surface area contributed by atoms with E-state index in [1.54, 1.807) is 11.4 Å². The van der Waals surface area contributed by atoms with Crippen LogP contribution in [0.4, 0.5) is 0 Å². The fraction of sp³-hybridized carbons (Fsp3) is 0.941. The molecule has 7 nitrogen and oxygen atoms in total. The number of rotatable bonds is 5. The predicted molar refractivity (Wildman–Crippen MR) is 95.7 cm³/mol. The number of nitrogens with zero attached hydrogens (tertiary/aromatic N) is 3. The Balaban J connectivity index is 1.86. The van der Waals surface area contributed by atoms with Gasteiger partial charge in [-0.2, -0.15) is 0 Å². The molecule has 8 heteroatoms. The van der Waals surface area contributed by atoms with E-state index in [0.717, 1.165) is 52.0 Å². The molecule has 144 valence electrons. The molecule has 25 heavy (non-hydrogen) atoms. The van der Waals surface area contributed by atoms with Gasteiger partial charge in [-0.1, -0.05) is 0 Å². The Kier molecular flexibility index (Phi) is 5.18. The molecule has 2 spiro atoms. The van der Waals surface area contributed by atoms with E-state index in [-0.39, 0.29) is 16.7 Å². The molecule has 0 saturated carbocycles. The number of ether oxygens (including phenoxy) is 1. The van der Waals surface area contributed by atoms with Crippen molar-refractivity contribution in [3.05, 3.63) is 0 Å². The minimum atomic E-state index is -3.16. The predicted octanol–water partition coefficient (Wildman–Crippen LogP) is 0.229. The van der Waals surface area contributed by atoms with Gasteiger partial charge in [0.25, 0.3) is 0 Å². The average Bonchev–Trinajstić information content (AvgIpc) is 3.05. The van der Waals surface area contributed by atoms with E-state index in [4.69, 9.17) is 4.74 Å². The number of carbonyl (C=O) groups excluding carboxylic acids is 1. The average molecular weight is 374 g/mol. The summed E-state index contributed by atoms with van der Waals surface area (Å²) in [6, 6.07) is 0. The molecule has 0 N–H and O–H groups in total. The van der Waals surface area contributed by atoms with Crippen LogP contribution in [-0.4, -0.2) is 94.2 Å². The monoisotopic (exact) mass is 373 g/mol. The molecule has 3 saturated heterocycles. The lowest BCUT2D eigenvalue weighted by Gasteiger charge is -2.46. The van der Waals surface area contributed by atoms with E-state index in [0.29, 0.717) is 19.7 Å². The number of likely N-dealkylation sites (tertiary alicyclic amines) is 2. The molecule has 1 unspecified atom stereocenters. The van der Waals surface area contributed by atoms with Crippen LogP contribution >= 0.6 is 0 Å². The highest BCUT2D eigenvalue weighted by molar-refractivity contribution is 7.88. The summed E-state index contributed by atoms with van der Waals surface area (Å²) in [6.45, 7) is 7.81.